The second-order valence-electron chi connectivity index (χ2n) is 9.15. The molecule has 4 rings (SSSR count). The molecule has 0 saturated carbocycles. The molecule has 0 unspecified atom stereocenters. The van der Waals surface area contributed by atoms with E-state index in [-0.39, 0.29) is 35.5 Å². The molecule has 1 atom stereocenters. The number of nitrogens with zero attached hydrogens (tertiary/aromatic N) is 2. The molecule has 220 valence electrons. The highest BCUT2D eigenvalue weighted by Gasteiger charge is 2.22. The summed E-state index contributed by atoms with van der Waals surface area (Å²) in [5.41, 5.74) is 6.20. The van der Waals surface area contributed by atoms with Crippen molar-refractivity contribution in [2.24, 2.45) is 5.10 Å². The minimum atomic E-state index is -1.15. The standard InChI is InChI=1S/C30H29BrClN3O7/c1-5-39-25-14-20(26(31)27(32)28(25)41-19(4)30(37)38)15-33-34-29(36)24-13-12-23(42-24)16-40-22-10-8-21(9-11-22)35-17(2)6-7-18(35)3/h6-15,19H,5,16H2,1-4H3,(H,34,36)(H,37,38)/b33-15+/t19-/m0/s1. The van der Waals surface area contributed by atoms with Gasteiger partial charge in [0.05, 0.1) is 12.8 Å². The van der Waals surface area contributed by atoms with Gasteiger partial charge in [-0.3, -0.25) is 4.79 Å². The molecule has 12 heteroatoms. The first-order chi connectivity index (χ1) is 20.1. The molecule has 2 aromatic heterocycles. The van der Waals surface area contributed by atoms with Gasteiger partial charge in [-0.05, 0) is 98.2 Å². The van der Waals surface area contributed by atoms with E-state index in [2.05, 4.69) is 57.0 Å². The third-order valence-electron chi connectivity index (χ3n) is 6.10. The first kappa shape index (κ1) is 30.7. The maximum absolute atomic E-state index is 12.6. The zero-order valence-electron chi connectivity index (χ0n) is 23.3. The van der Waals surface area contributed by atoms with Gasteiger partial charge in [-0.1, -0.05) is 11.6 Å². The summed E-state index contributed by atoms with van der Waals surface area (Å²) >= 11 is 9.79. The molecule has 2 heterocycles. The molecule has 1 amide bonds. The van der Waals surface area contributed by atoms with Crippen LogP contribution in [-0.4, -0.2) is 40.5 Å². The number of ether oxygens (including phenoxy) is 3. The van der Waals surface area contributed by atoms with Crippen LogP contribution in [-0.2, 0) is 11.4 Å². The molecule has 0 saturated heterocycles. The van der Waals surface area contributed by atoms with Crippen molar-refractivity contribution < 1.29 is 33.3 Å². The summed E-state index contributed by atoms with van der Waals surface area (Å²) in [7, 11) is 0. The molecule has 4 aromatic rings. The number of aryl methyl sites for hydroxylation is 2. The van der Waals surface area contributed by atoms with E-state index in [0.717, 1.165) is 17.1 Å². The van der Waals surface area contributed by atoms with Gasteiger partial charge in [0.2, 0.25) is 0 Å². The van der Waals surface area contributed by atoms with Crippen LogP contribution in [0.2, 0.25) is 5.02 Å². The Kier molecular flexibility index (Phi) is 9.97. The third-order valence-corrected chi connectivity index (χ3v) is 7.54. The summed E-state index contributed by atoms with van der Waals surface area (Å²) in [5.74, 6) is -0.233. The quantitative estimate of drug-likeness (QED) is 0.128. The van der Waals surface area contributed by atoms with Gasteiger partial charge in [-0.2, -0.15) is 5.10 Å². The SMILES string of the molecule is CCOc1cc(/C=N/NC(=O)c2ccc(COc3ccc(-n4c(C)ccc4C)cc3)o2)c(Br)c(Cl)c1O[C@@H](C)C(=O)O. The molecule has 0 radical (unpaired) electrons. The van der Waals surface area contributed by atoms with Crippen LogP contribution < -0.4 is 19.6 Å². The number of hydrogen-bond acceptors (Lipinski definition) is 7. The first-order valence-corrected chi connectivity index (χ1v) is 14.1. The van der Waals surface area contributed by atoms with Gasteiger partial charge in [0, 0.05) is 27.1 Å². The van der Waals surface area contributed by atoms with Crippen LogP contribution in [0.4, 0.5) is 0 Å². The molecule has 2 N–H and O–H groups in total. The third kappa shape index (κ3) is 7.15. The first-order valence-electron chi connectivity index (χ1n) is 12.9. The predicted octanol–water partition coefficient (Wildman–Crippen LogP) is 6.70. The van der Waals surface area contributed by atoms with Crippen molar-refractivity contribution in [3.63, 3.8) is 0 Å². The minimum absolute atomic E-state index is 0.0539. The van der Waals surface area contributed by atoms with Crippen molar-refractivity contribution in [3.05, 3.63) is 92.6 Å². The van der Waals surface area contributed by atoms with Crippen LogP contribution in [0.3, 0.4) is 0 Å². The fourth-order valence-electron chi connectivity index (χ4n) is 4.01. The minimum Gasteiger partial charge on any atom is -0.490 e. The Labute approximate surface area is 256 Å². The summed E-state index contributed by atoms with van der Waals surface area (Å²) in [5, 5.41) is 13.3. The van der Waals surface area contributed by atoms with Crippen LogP contribution in [0.1, 0.15) is 47.1 Å². The fraction of sp³-hybridized carbons (Fsp3) is 0.233. The number of aromatic nitrogens is 1. The van der Waals surface area contributed by atoms with E-state index in [9.17, 15) is 14.7 Å². The topological polar surface area (TPSA) is 125 Å². The fourth-order valence-corrected chi connectivity index (χ4v) is 4.66. The average molecular weight is 659 g/mol. The van der Waals surface area contributed by atoms with E-state index in [1.54, 1.807) is 19.1 Å². The van der Waals surface area contributed by atoms with Crippen molar-refractivity contribution >= 4 is 45.6 Å². The van der Waals surface area contributed by atoms with Gasteiger partial charge < -0.3 is 28.3 Å². The number of hydrogen-bond donors (Lipinski definition) is 2. The number of carboxylic acids is 1. The molecule has 0 aliphatic carbocycles. The number of halogens is 2. The van der Waals surface area contributed by atoms with E-state index >= 15 is 0 Å². The largest absolute Gasteiger partial charge is 0.490 e. The molecule has 0 spiro atoms. The number of amides is 1. The number of carbonyl (C=O) groups is 2. The number of carboxylic acid groups (broad SMARTS) is 1. The van der Waals surface area contributed by atoms with Crippen LogP contribution >= 0.6 is 27.5 Å². The summed E-state index contributed by atoms with van der Waals surface area (Å²) in [6.07, 6.45) is 0.203. The highest BCUT2D eigenvalue weighted by atomic mass is 79.9. The van der Waals surface area contributed by atoms with Crippen molar-refractivity contribution in [1.29, 1.82) is 0 Å². The highest BCUT2D eigenvalue weighted by molar-refractivity contribution is 9.10. The number of rotatable bonds is 12. The summed E-state index contributed by atoms with van der Waals surface area (Å²) in [6, 6.07) is 16.6. The van der Waals surface area contributed by atoms with E-state index in [4.69, 9.17) is 30.2 Å². The number of furan rings is 1. The van der Waals surface area contributed by atoms with E-state index in [1.165, 1.54) is 19.2 Å². The lowest BCUT2D eigenvalue weighted by molar-refractivity contribution is -0.144. The predicted molar refractivity (Wildman–Crippen MR) is 161 cm³/mol. The molecular formula is C30H29BrClN3O7. The molecule has 42 heavy (non-hydrogen) atoms. The molecule has 0 bridgehead atoms. The lowest BCUT2D eigenvalue weighted by Gasteiger charge is -2.18. The Hall–Kier alpha value is -4.22. The Morgan fingerprint density at radius 1 is 1.12 bits per heavy atom. The van der Waals surface area contributed by atoms with E-state index < -0.39 is 18.0 Å². The van der Waals surface area contributed by atoms with Gasteiger partial charge in [0.15, 0.2) is 23.4 Å². The highest BCUT2D eigenvalue weighted by Crippen LogP contribution is 2.42. The van der Waals surface area contributed by atoms with E-state index in [0.29, 0.717) is 21.5 Å². The number of hydrazone groups is 1. The van der Waals surface area contributed by atoms with Gasteiger partial charge in [-0.25, -0.2) is 10.2 Å². The maximum Gasteiger partial charge on any atom is 0.344 e. The molecule has 0 fully saturated rings. The van der Waals surface area contributed by atoms with Gasteiger partial charge in [0.25, 0.3) is 0 Å². The van der Waals surface area contributed by atoms with Crippen molar-refractivity contribution in [2.75, 3.05) is 6.61 Å². The van der Waals surface area contributed by atoms with Crippen LogP contribution in [0.5, 0.6) is 17.2 Å². The summed E-state index contributed by atoms with van der Waals surface area (Å²) < 4.78 is 25.0. The number of nitrogens with one attached hydrogen (secondary N) is 1. The van der Waals surface area contributed by atoms with Crippen molar-refractivity contribution in [3.8, 4) is 22.9 Å². The molecule has 0 aliphatic heterocycles. The van der Waals surface area contributed by atoms with Crippen molar-refractivity contribution in [1.82, 2.24) is 9.99 Å². The lowest BCUT2D eigenvalue weighted by atomic mass is 10.2. The molecule has 10 nitrogen and oxygen atoms in total. The number of aliphatic carboxylic acids is 1. The van der Waals surface area contributed by atoms with Crippen LogP contribution in [0.25, 0.3) is 5.69 Å². The van der Waals surface area contributed by atoms with Gasteiger partial charge in [-0.15, -0.1) is 0 Å². The zero-order valence-corrected chi connectivity index (χ0v) is 25.7. The number of benzene rings is 2. The average Bonchev–Trinajstić information content (AvgIpc) is 3.58. The summed E-state index contributed by atoms with van der Waals surface area (Å²) in [4.78, 5) is 23.8. The second-order valence-corrected chi connectivity index (χ2v) is 10.3. The van der Waals surface area contributed by atoms with Gasteiger partial charge >= 0.3 is 11.9 Å². The van der Waals surface area contributed by atoms with E-state index in [1.807, 2.05) is 24.3 Å². The number of carbonyl (C=O) groups excluding carboxylic acids is 1. The monoisotopic (exact) mass is 657 g/mol. The lowest BCUT2D eigenvalue weighted by Crippen LogP contribution is -2.23. The van der Waals surface area contributed by atoms with Crippen LogP contribution in [0, 0.1) is 13.8 Å². The second kappa shape index (κ2) is 13.6. The van der Waals surface area contributed by atoms with Crippen molar-refractivity contribution in [2.45, 2.75) is 40.4 Å². The zero-order chi connectivity index (χ0) is 30.4. The normalized spacial score (nSPS) is 11.9. The maximum atomic E-state index is 12.6. The Bertz CT molecular complexity index is 1590. The van der Waals surface area contributed by atoms with Crippen LogP contribution in [0.15, 0.2) is 68.6 Å². The summed E-state index contributed by atoms with van der Waals surface area (Å²) in [6.45, 7) is 7.67. The van der Waals surface area contributed by atoms with Gasteiger partial charge in [0.1, 0.15) is 23.1 Å². The molecular weight excluding hydrogens is 630 g/mol. The smallest absolute Gasteiger partial charge is 0.344 e. The molecule has 2 aromatic carbocycles. The Morgan fingerprint density at radius 2 is 1.81 bits per heavy atom. The Morgan fingerprint density at radius 3 is 2.45 bits per heavy atom. The Balaban J connectivity index is 1.37. The molecule has 0 aliphatic rings.